The molecule has 5 aromatic rings. The van der Waals surface area contributed by atoms with E-state index in [0.717, 1.165) is 16.7 Å². The van der Waals surface area contributed by atoms with E-state index in [4.69, 9.17) is 4.74 Å². The second-order valence-corrected chi connectivity index (χ2v) is 7.97. The summed E-state index contributed by atoms with van der Waals surface area (Å²) in [5.41, 5.74) is 9.23. The molecule has 36 heavy (non-hydrogen) atoms. The number of hydrogen-bond donors (Lipinski definition) is 2. The van der Waals surface area contributed by atoms with Gasteiger partial charge in [0, 0.05) is 28.9 Å². The minimum absolute atomic E-state index is 0.262. The average Bonchev–Trinajstić information content (AvgIpc) is 2.95. The largest absolute Gasteiger partial charge is 0.483 e. The average molecular weight is 475 g/mol. The highest BCUT2D eigenvalue weighted by molar-refractivity contribution is 6.07. The number of pyridine rings is 2. The summed E-state index contributed by atoms with van der Waals surface area (Å²) in [4.78, 5) is 34.3. The number of fused-ring (bicyclic) bond motifs is 1. The summed E-state index contributed by atoms with van der Waals surface area (Å²) >= 11 is 0. The summed E-state index contributed by atoms with van der Waals surface area (Å²) in [5.74, 6) is -0.375. The SMILES string of the molecule is O=C(COc1ccccc1-c1ccccc1)NNC(=O)c1cc(-c2cccnc2)nc2ccccc12. The van der Waals surface area contributed by atoms with Crippen molar-refractivity contribution in [2.24, 2.45) is 0 Å². The molecule has 0 radical (unpaired) electrons. The summed E-state index contributed by atoms with van der Waals surface area (Å²) in [6.07, 6.45) is 3.36. The van der Waals surface area contributed by atoms with Crippen LogP contribution in [0.5, 0.6) is 5.75 Å². The molecule has 0 aliphatic carbocycles. The smallest absolute Gasteiger partial charge is 0.276 e. The van der Waals surface area contributed by atoms with Gasteiger partial charge in [-0.2, -0.15) is 0 Å². The molecule has 2 aromatic heterocycles. The number of nitrogens with one attached hydrogen (secondary N) is 2. The monoisotopic (exact) mass is 474 g/mol. The maximum Gasteiger partial charge on any atom is 0.276 e. The molecule has 7 nitrogen and oxygen atoms in total. The molecule has 0 atom stereocenters. The van der Waals surface area contributed by atoms with Crippen LogP contribution in [0.15, 0.2) is 109 Å². The molecule has 3 aromatic carbocycles. The fraction of sp³-hybridized carbons (Fsp3) is 0.0345. The van der Waals surface area contributed by atoms with E-state index in [0.29, 0.717) is 27.9 Å². The van der Waals surface area contributed by atoms with Crippen LogP contribution in [0, 0.1) is 0 Å². The van der Waals surface area contributed by atoms with Gasteiger partial charge in [0.15, 0.2) is 6.61 Å². The Labute approximate surface area is 207 Å². The number of hydrazine groups is 1. The van der Waals surface area contributed by atoms with Crippen molar-refractivity contribution >= 4 is 22.7 Å². The van der Waals surface area contributed by atoms with Gasteiger partial charge in [-0.25, -0.2) is 4.98 Å². The molecule has 0 spiro atoms. The molecular weight excluding hydrogens is 452 g/mol. The third-order valence-corrected chi connectivity index (χ3v) is 5.56. The van der Waals surface area contributed by atoms with E-state index in [9.17, 15) is 9.59 Å². The standard InChI is InChI=1S/C29H22N4O3/c34-28(19-36-27-15-7-5-12-22(27)20-9-2-1-3-10-20)32-33-29(35)24-17-26(21-11-8-16-30-18-21)31-25-14-6-4-13-23(24)25/h1-18H,19H2,(H,32,34)(H,33,35). The normalized spacial score (nSPS) is 10.6. The molecule has 0 unspecified atom stereocenters. The Bertz CT molecular complexity index is 1520. The summed E-state index contributed by atoms with van der Waals surface area (Å²) < 4.78 is 5.76. The molecule has 2 heterocycles. The third kappa shape index (κ3) is 5.05. The van der Waals surface area contributed by atoms with E-state index in [1.165, 1.54) is 0 Å². The maximum absolute atomic E-state index is 13.0. The lowest BCUT2D eigenvalue weighted by atomic mass is 10.0. The van der Waals surface area contributed by atoms with Crippen LogP contribution in [0.3, 0.4) is 0 Å². The maximum atomic E-state index is 13.0. The second kappa shape index (κ2) is 10.5. The zero-order valence-corrected chi connectivity index (χ0v) is 19.2. The first-order valence-corrected chi connectivity index (χ1v) is 11.4. The number of carbonyl (C=O) groups excluding carboxylic acids is 2. The predicted octanol–water partition coefficient (Wildman–Crippen LogP) is 4.80. The number of carbonyl (C=O) groups is 2. The van der Waals surface area contributed by atoms with Crippen molar-refractivity contribution in [1.29, 1.82) is 0 Å². The van der Waals surface area contributed by atoms with E-state index in [1.54, 1.807) is 24.5 Å². The Kier molecular flexibility index (Phi) is 6.62. The number of nitrogens with zero attached hydrogens (tertiary/aromatic N) is 2. The zero-order chi connectivity index (χ0) is 24.7. The first-order valence-electron chi connectivity index (χ1n) is 11.4. The summed E-state index contributed by atoms with van der Waals surface area (Å²) in [7, 11) is 0. The lowest BCUT2D eigenvalue weighted by Crippen LogP contribution is -2.43. The van der Waals surface area contributed by atoms with Gasteiger partial charge in [-0.15, -0.1) is 0 Å². The van der Waals surface area contributed by atoms with Gasteiger partial charge in [-0.05, 0) is 35.9 Å². The van der Waals surface area contributed by atoms with Crippen molar-refractivity contribution in [2.45, 2.75) is 0 Å². The first-order chi connectivity index (χ1) is 17.7. The van der Waals surface area contributed by atoms with Gasteiger partial charge in [-0.3, -0.25) is 25.4 Å². The minimum Gasteiger partial charge on any atom is -0.483 e. The minimum atomic E-state index is -0.489. The summed E-state index contributed by atoms with van der Waals surface area (Å²) in [6, 6.07) is 30.0. The van der Waals surface area contributed by atoms with Gasteiger partial charge in [0.05, 0.1) is 16.8 Å². The van der Waals surface area contributed by atoms with Crippen LogP contribution in [0.1, 0.15) is 10.4 Å². The van der Waals surface area contributed by atoms with Crippen LogP contribution >= 0.6 is 0 Å². The van der Waals surface area contributed by atoms with Crippen LogP contribution in [0.2, 0.25) is 0 Å². The van der Waals surface area contributed by atoms with Gasteiger partial charge in [0.1, 0.15) is 5.75 Å². The van der Waals surface area contributed by atoms with Crippen molar-refractivity contribution in [3.8, 4) is 28.1 Å². The fourth-order valence-electron chi connectivity index (χ4n) is 3.85. The third-order valence-electron chi connectivity index (χ3n) is 5.56. The van der Waals surface area contributed by atoms with Crippen molar-refractivity contribution in [3.05, 3.63) is 115 Å². The number of amides is 2. The van der Waals surface area contributed by atoms with Gasteiger partial charge in [0.2, 0.25) is 0 Å². The predicted molar refractivity (Wildman–Crippen MR) is 138 cm³/mol. The van der Waals surface area contributed by atoms with E-state index in [-0.39, 0.29) is 6.61 Å². The van der Waals surface area contributed by atoms with Crippen LogP contribution in [-0.4, -0.2) is 28.4 Å². The quantitative estimate of drug-likeness (QED) is 0.345. The Hall–Kier alpha value is -5.04. The molecule has 2 N–H and O–H groups in total. The first kappa shape index (κ1) is 22.7. The fourth-order valence-corrected chi connectivity index (χ4v) is 3.85. The Morgan fingerprint density at radius 1 is 0.778 bits per heavy atom. The summed E-state index contributed by atoms with van der Waals surface area (Å²) in [5, 5.41) is 0.671. The molecule has 0 saturated heterocycles. The lowest BCUT2D eigenvalue weighted by Gasteiger charge is -2.13. The number of para-hydroxylation sites is 2. The van der Waals surface area contributed by atoms with Crippen LogP contribution in [0.4, 0.5) is 0 Å². The number of benzene rings is 3. The Balaban J connectivity index is 1.28. The molecule has 0 fully saturated rings. The number of aromatic nitrogens is 2. The van der Waals surface area contributed by atoms with E-state index >= 15 is 0 Å². The highest BCUT2D eigenvalue weighted by atomic mass is 16.5. The van der Waals surface area contributed by atoms with Crippen LogP contribution in [-0.2, 0) is 4.79 Å². The molecule has 7 heteroatoms. The molecule has 0 aliphatic rings. The zero-order valence-electron chi connectivity index (χ0n) is 19.2. The molecule has 0 aliphatic heterocycles. The molecular formula is C29H22N4O3. The van der Waals surface area contributed by atoms with Gasteiger partial charge >= 0.3 is 0 Å². The van der Waals surface area contributed by atoms with Crippen LogP contribution < -0.4 is 15.6 Å². The van der Waals surface area contributed by atoms with Crippen molar-refractivity contribution < 1.29 is 14.3 Å². The summed E-state index contributed by atoms with van der Waals surface area (Å²) in [6.45, 7) is -0.262. The molecule has 2 amide bonds. The second-order valence-electron chi connectivity index (χ2n) is 7.97. The molecule has 0 saturated carbocycles. The van der Waals surface area contributed by atoms with Crippen LogP contribution in [0.25, 0.3) is 33.3 Å². The molecule has 0 bridgehead atoms. The van der Waals surface area contributed by atoms with Gasteiger partial charge in [-0.1, -0.05) is 66.7 Å². The Morgan fingerprint density at radius 3 is 2.36 bits per heavy atom. The lowest BCUT2D eigenvalue weighted by molar-refractivity contribution is -0.123. The van der Waals surface area contributed by atoms with Gasteiger partial charge < -0.3 is 4.74 Å². The van der Waals surface area contributed by atoms with E-state index in [1.807, 2.05) is 84.9 Å². The number of rotatable bonds is 6. The van der Waals surface area contributed by atoms with Crippen molar-refractivity contribution in [1.82, 2.24) is 20.8 Å². The van der Waals surface area contributed by atoms with Crippen molar-refractivity contribution in [3.63, 3.8) is 0 Å². The van der Waals surface area contributed by atoms with E-state index < -0.39 is 11.8 Å². The topological polar surface area (TPSA) is 93.2 Å². The molecule has 5 rings (SSSR count). The van der Waals surface area contributed by atoms with E-state index in [2.05, 4.69) is 20.8 Å². The van der Waals surface area contributed by atoms with Crippen molar-refractivity contribution in [2.75, 3.05) is 6.61 Å². The Morgan fingerprint density at radius 2 is 1.53 bits per heavy atom. The number of ether oxygens (including phenoxy) is 1. The molecule has 176 valence electrons. The highest BCUT2D eigenvalue weighted by Gasteiger charge is 2.15. The van der Waals surface area contributed by atoms with Gasteiger partial charge in [0.25, 0.3) is 11.8 Å². The highest BCUT2D eigenvalue weighted by Crippen LogP contribution is 2.29. The number of hydrogen-bond acceptors (Lipinski definition) is 5.